The predicted molar refractivity (Wildman–Crippen MR) is 381 cm³/mol. The van der Waals surface area contributed by atoms with Crippen molar-refractivity contribution in [1.82, 2.24) is 9.80 Å². The van der Waals surface area contributed by atoms with Crippen LogP contribution in [0.4, 0.5) is 5.69 Å². The first-order chi connectivity index (χ1) is 48.1. The number of carbonyl (C=O) groups excluding carboxylic acids is 2. The number of fused-ring (bicyclic) bond motifs is 2. The van der Waals surface area contributed by atoms with E-state index in [0.29, 0.717) is 50.0 Å². The zero-order valence-electron chi connectivity index (χ0n) is 61.3. The van der Waals surface area contributed by atoms with Gasteiger partial charge in [0.2, 0.25) is 11.8 Å². The Bertz CT molecular complexity index is 2720. The summed E-state index contributed by atoms with van der Waals surface area (Å²) in [6, 6.07) is 5.23. The van der Waals surface area contributed by atoms with Gasteiger partial charge >= 0.3 is 15.6 Å². The van der Waals surface area contributed by atoms with Crippen molar-refractivity contribution in [3.63, 3.8) is 0 Å². The Morgan fingerprint density at radius 1 is 0.530 bits per heavy atom. The van der Waals surface area contributed by atoms with Crippen molar-refractivity contribution in [2.45, 2.75) is 295 Å². The molecule has 4 fully saturated rings. The zero-order valence-corrected chi connectivity index (χ0v) is 63.1. The molecule has 0 aliphatic carbocycles. The number of rotatable bonds is 51. The fourth-order valence-electron chi connectivity index (χ4n) is 12.4. The Labute approximate surface area is 595 Å². The van der Waals surface area contributed by atoms with Crippen molar-refractivity contribution in [3.05, 3.63) is 82.5 Å². The Morgan fingerprint density at radius 3 is 1.27 bits per heavy atom. The highest BCUT2D eigenvalue weighted by atomic mass is 31.2. The van der Waals surface area contributed by atoms with E-state index in [1.54, 1.807) is 22.2 Å². The minimum Gasteiger partial charge on any atom is -0.404 e. The third kappa shape index (κ3) is 32.0. The smallest absolute Gasteiger partial charge is 0.404 e. The van der Waals surface area contributed by atoms with Crippen molar-refractivity contribution in [1.29, 1.82) is 0 Å². The van der Waals surface area contributed by atoms with E-state index in [4.69, 9.17) is 76.5 Å². The second kappa shape index (κ2) is 47.3. The summed E-state index contributed by atoms with van der Waals surface area (Å²) in [7, 11) is -5.07. The third-order valence-corrected chi connectivity index (χ3v) is 20.5. The molecule has 0 spiro atoms. The minimum atomic E-state index is -3.82. The highest BCUT2D eigenvalue weighted by Gasteiger charge is 2.58. The molecule has 6 aliphatic heterocycles. The number of primary amides is 2. The molecule has 6 heterocycles. The lowest BCUT2D eigenvalue weighted by Gasteiger charge is -2.31. The third-order valence-electron chi connectivity index (χ3n) is 17.7. The number of carbonyl (C=O) groups is 2. The Hall–Kier alpha value is -4.18. The van der Waals surface area contributed by atoms with Crippen molar-refractivity contribution >= 4 is 33.1 Å². The number of benzene rings is 1. The molecule has 0 saturated carbocycles. The van der Waals surface area contributed by atoms with Crippen LogP contribution in [0.5, 0.6) is 5.75 Å². The number of hydrogen-bond donors (Lipinski definition) is 3. The number of nitro benzene ring substituents is 1. The van der Waals surface area contributed by atoms with Gasteiger partial charge in [0, 0.05) is 88.7 Å². The number of phosphoric acid groups is 2. The number of aliphatic hydroxyl groups excluding tert-OH is 1. The molecule has 6 aliphatic rings. The summed E-state index contributed by atoms with van der Waals surface area (Å²) < 4.78 is 105. The second-order valence-corrected chi connectivity index (χ2v) is 30.5. The van der Waals surface area contributed by atoms with Gasteiger partial charge in [-0.15, -0.1) is 0 Å². The van der Waals surface area contributed by atoms with Gasteiger partial charge in [-0.25, -0.2) is 9.13 Å². The van der Waals surface area contributed by atoms with Gasteiger partial charge in [-0.3, -0.25) is 42.3 Å². The largest absolute Gasteiger partial charge is 0.529 e. The minimum absolute atomic E-state index is 0.0823. The van der Waals surface area contributed by atoms with Gasteiger partial charge in [-0.05, 0) is 78.4 Å². The van der Waals surface area contributed by atoms with E-state index < -0.39 is 80.8 Å². The molecule has 572 valence electrons. The summed E-state index contributed by atoms with van der Waals surface area (Å²) in [6.07, 6.45) is 43.3. The van der Waals surface area contributed by atoms with Gasteiger partial charge in [0.1, 0.15) is 42.4 Å². The van der Waals surface area contributed by atoms with Crippen LogP contribution < -0.4 is 16.0 Å². The first-order valence-corrected chi connectivity index (χ1v) is 39.9. The number of unbranched alkanes of at least 4 members (excludes halogenated alkanes) is 24. The maximum Gasteiger partial charge on any atom is 0.529 e. The molecule has 1 aromatic rings. The lowest BCUT2D eigenvalue weighted by Crippen LogP contribution is -2.40. The first-order valence-electron chi connectivity index (χ1n) is 37.0. The molecule has 1 aromatic carbocycles. The van der Waals surface area contributed by atoms with Crippen LogP contribution in [-0.4, -0.2) is 159 Å². The van der Waals surface area contributed by atoms with Crippen molar-refractivity contribution in [2.24, 2.45) is 11.5 Å². The number of nitrogens with two attached hydrogens (primary N) is 2. The fraction of sp³-hybridized carbons (Fsp3) is 0.778. The number of allylic oxidation sites excluding steroid dienone is 2. The summed E-state index contributed by atoms with van der Waals surface area (Å²) in [4.78, 5) is 36.7. The lowest BCUT2D eigenvalue weighted by atomic mass is 10.0. The number of hydrogen-bond acceptors (Lipinski definition) is 23. The second-order valence-electron chi connectivity index (χ2n) is 27.0. The summed E-state index contributed by atoms with van der Waals surface area (Å²) in [6.45, 7) is 14.4. The maximum absolute atomic E-state index is 13.1. The van der Waals surface area contributed by atoms with Gasteiger partial charge in [0.15, 0.2) is 24.0 Å². The van der Waals surface area contributed by atoms with E-state index in [2.05, 4.69) is 13.8 Å². The molecule has 0 aromatic heterocycles. The topological polar surface area (TPSA) is 319 Å². The molecule has 100 heavy (non-hydrogen) atoms. The predicted octanol–water partition coefficient (Wildman–Crippen LogP) is 15.2. The van der Waals surface area contributed by atoms with Gasteiger partial charge in [-0.2, -0.15) is 0 Å². The van der Waals surface area contributed by atoms with Crippen LogP contribution in [0.2, 0.25) is 0 Å². The van der Waals surface area contributed by atoms with Crippen LogP contribution in [0.15, 0.2) is 72.4 Å². The SMILES string of the molecule is CC1(C)OC2C(CO)OC(N3C=CCC(C(N)=O)=C3)C2O1.CCCCCCCCCCCCCCCOCCCOP(=O)(OC)OCC1OC(N2C=CCC(C(N)=O)=C2)C2OC(C)(C)OC12.CCCCCCCCCCCCCCCOCCCOP(=O)(OC)Oc1ccc([N+](=O)[O-])cc1. The molecule has 5 N–H and O–H groups in total. The molecule has 0 radical (unpaired) electrons. The van der Waals surface area contributed by atoms with Gasteiger partial charge in [0.05, 0.1) is 31.4 Å². The van der Waals surface area contributed by atoms with E-state index >= 15 is 0 Å². The number of aliphatic hydroxyl groups is 1. The van der Waals surface area contributed by atoms with Crippen LogP contribution in [0.25, 0.3) is 0 Å². The van der Waals surface area contributed by atoms with E-state index in [1.807, 2.05) is 52.2 Å². The highest BCUT2D eigenvalue weighted by molar-refractivity contribution is 7.49. The van der Waals surface area contributed by atoms with Crippen molar-refractivity contribution < 1.29 is 93.8 Å². The van der Waals surface area contributed by atoms with Gasteiger partial charge in [-0.1, -0.05) is 180 Å². The number of non-ortho nitro benzene ring substituents is 1. The van der Waals surface area contributed by atoms with Crippen molar-refractivity contribution in [3.8, 4) is 5.75 Å². The summed E-state index contributed by atoms with van der Waals surface area (Å²) in [5.74, 6) is -2.35. The van der Waals surface area contributed by atoms with Crippen molar-refractivity contribution in [2.75, 3.05) is 67.1 Å². The summed E-state index contributed by atoms with van der Waals surface area (Å²) >= 11 is 0. The molecule has 7 rings (SSSR count). The zero-order chi connectivity index (χ0) is 72.7. The van der Waals surface area contributed by atoms with E-state index in [-0.39, 0.29) is 50.1 Å². The number of nitro groups is 1. The average molecular weight is 1460 g/mol. The molecule has 10 unspecified atom stereocenters. The van der Waals surface area contributed by atoms with Crippen LogP contribution in [0.1, 0.15) is 234 Å². The number of ether oxygens (including phenoxy) is 8. The van der Waals surface area contributed by atoms with Crippen LogP contribution in [0.3, 0.4) is 0 Å². The quantitative estimate of drug-likeness (QED) is 0.0236. The normalized spacial score (nSPS) is 23.7. The van der Waals surface area contributed by atoms with Gasteiger partial charge < -0.3 is 68.8 Å². The number of phosphoric ester groups is 2. The summed E-state index contributed by atoms with van der Waals surface area (Å²) in [5.41, 5.74) is 11.7. The molecule has 0 bridgehead atoms. The molecular formula is C72H123N5O21P2. The molecule has 26 nitrogen and oxygen atoms in total. The molecule has 28 heteroatoms. The summed E-state index contributed by atoms with van der Waals surface area (Å²) in [5, 5.41) is 20.1. The molecule has 2 amide bonds. The van der Waals surface area contributed by atoms with E-state index in [9.17, 15) is 33.9 Å². The molecule has 4 saturated heterocycles. The standard InChI is InChI=1S/C33H59N2O9P.C25H44NO7P.C14H20N2O5/c1-5-6-7-8-9-10-11-12-13-14-15-16-17-22-39-23-19-24-40-45(37,38-4)41-26-28-29-30(44-33(2,3)43-29)32(42-28)35-21-18-20-27(25-35)31(34)36;1-3-4-5-6-7-8-9-10-11-12-13-14-15-21-31-22-16-23-32-34(29,30-2)33-25-19-17-24(18-20-25)26(27)28;1-14(2)20-10-9(7-17)19-13(11(10)21-14)16-5-3-4-8(6-16)12(15)18/h18,21,25,28-30,32H,5-17,19-20,22-24,26H2,1-4H3,(H2,34,36);17-20H,3-16,21-23H2,1-2H3;3,5-6,9-11,13,17H,4,7H2,1-2H3,(H2,15,18). The Morgan fingerprint density at radius 2 is 0.890 bits per heavy atom. The Kier molecular flexibility index (Phi) is 40.9. The van der Waals surface area contributed by atoms with Gasteiger partial charge in [0.25, 0.3) is 5.69 Å². The number of nitrogens with zero attached hydrogens (tertiary/aromatic N) is 3. The lowest BCUT2D eigenvalue weighted by molar-refractivity contribution is -0.384. The average Bonchev–Trinajstić information content (AvgIpc) is 1.61. The van der Waals surface area contributed by atoms with Crippen LogP contribution in [-0.2, 0) is 79.2 Å². The highest BCUT2D eigenvalue weighted by Crippen LogP contribution is 2.51. The molecular weight excluding hydrogens is 1330 g/mol. The monoisotopic (exact) mass is 1460 g/mol. The molecule has 10 atom stereocenters. The maximum atomic E-state index is 13.1. The first kappa shape index (κ1) is 86.5. The van der Waals surface area contributed by atoms with E-state index in [1.165, 1.54) is 193 Å². The number of amides is 2. The Balaban J connectivity index is 0.000000288. The van der Waals surface area contributed by atoms with Crippen LogP contribution in [0, 0.1) is 10.1 Å². The fourth-order valence-corrected chi connectivity index (χ4v) is 14.3. The van der Waals surface area contributed by atoms with E-state index in [0.717, 1.165) is 26.1 Å². The van der Waals surface area contributed by atoms with Crippen LogP contribution >= 0.6 is 15.6 Å².